The Labute approximate surface area is 103 Å². The highest BCUT2D eigenvalue weighted by atomic mass is 19.1. The maximum Gasteiger partial charge on any atom is 0.235 e. The highest BCUT2D eigenvalue weighted by molar-refractivity contribution is 5.78. The molecule has 0 saturated heterocycles. The minimum atomic E-state index is -0.725. The van der Waals surface area contributed by atoms with Gasteiger partial charge in [-0.15, -0.1) is 0 Å². The summed E-state index contributed by atoms with van der Waals surface area (Å²) >= 11 is 0. The van der Waals surface area contributed by atoms with E-state index in [-0.39, 0.29) is 5.82 Å². The highest BCUT2D eigenvalue weighted by Gasteiger charge is 2.38. The second-order valence-corrected chi connectivity index (χ2v) is 4.73. The molecule has 0 spiro atoms. The number of halogens is 1. The third kappa shape index (κ3) is 1.57. The summed E-state index contributed by atoms with van der Waals surface area (Å²) in [5, 5.41) is 0.832. The third-order valence-electron chi connectivity index (χ3n) is 3.73. The molecule has 1 heterocycles. The third-order valence-corrected chi connectivity index (χ3v) is 3.73. The van der Waals surface area contributed by atoms with Crippen molar-refractivity contribution in [3.05, 3.63) is 35.8 Å². The first-order chi connectivity index (χ1) is 8.75. The molecule has 3 rings (SSSR count). The molecule has 0 unspecified atom stereocenters. The van der Waals surface area contributed by atoms with Crippen LogP contribution in [-0.2, 0) is 10.3 Å². The van der Waals surface area contributed by atoms with Crippen molar-refractivity contribution in [1.82, 2.24) is 0 Å². The fraction of sp³-hybridized carbons (Fsp3) is 0.357. The van der Waals surface area contributed by atoms with Gasteiger partial charge < -0.3 is 4.42 Å². The van der Waals surface area contributed by atoms with Crippen LogP contribution in [0.4, 0.5) is 4.39 Å². The number of hydrogen-bond donors (Lipinski definition) is 0. The fourth-order valence-electron chi connectivity index (χ4n) is 2.83. The van der Waals surface area contributed by atoms with Crippen LogP contribution in [0.2, 0.25) is 0 Å². The summed E-state index contributed by atoms with van der Waals surface area (Å²) in [5.41, 5.74) is 0.272. The molecule has 0 aliphatic heterocycles. The topological polar surface area (TPSA) is 42.6 Å². The van der Waals surface area contributed by atoms with E-state index in [0.717, 1.165) is 18.2 Å². The van der Waals surface area contributed by atoms with Gasteiger partial charge in [-0.25, -0.2) is 9.18 Å². The molecule has 0 atom stereocenters. The van der Waals surface area contributed by atoms with E-state index < -0.39 is 5.54 Å². The molecule has 0 N–H and O–H groups in total. The van der Waals surface area contributed by atoms with Crippen molar-refractivity contribution >= 4 is 17.0 Å². The summed E-state index contributed by atoms with van der Waals surface area (Å²) < 4.78 is 19.3. The minimum absolute atomic E-state index is 0.363. The molecule has 3 nitrogen and oxygen atoms in total. The van der Waals surface area contributed by atoms with Gasteiger partial charge in [-0.05, 0) is 25.0 Å². The Morgan fingerprint density at radius 1 is 1.33 bits per heavy atom. The van der Waals surface area contributed by atoms with E-state index in [1.165, 1.54) is 12.3 Å². The molecule has 1 saturated carbocycles. The molecule has 1 aliphatic rings. The zero-order chi connectivity index (χ0) is 12.6. The maximum absolute atomic E-state index is 14.2. The Morgan fingerprint density at radius 2 is 2.11 bits per heavy atom. The first-order valence-electron chi connectivity index (χ1n) is 6.01. The van der Waals surface area contributed by atoms with Gasteiger partial charge in [-0.3, -0.25) is 0 Å². The number of hydrogen-bond acceptors (Lipinski definition) is 3. The van der Waals surface area contributed by atoms with Crippen LogP contribution in [0.1, 0.15) is 31.2 Å². The normalized spacial score (nSPS) is 17.8. The summed E-state index contributed by atoms with van der Waals surface area (Å²) in [6.07, 6.45) is 6.43. The monoisotopic (exact) mass is 245 g/mol. The molecule has 0 radical (unpaired) electrons. The molecule has 1 aliphatic carbocycles. The number of benzene rings is 1. The van der Waals surface area contributed by atoms with Gasteiger partial charge in [0.05, 0.1) is 6.26 Å². The van der Waals surface area contributed by atoms with Crippen LogP contribution in [0, 0.1) is 5.82 Å². The molecule has 92 valence electrons. The number of aliphatic imine (C=N–C) groups is 1. The van der Waals surface area contributed by atoms with Crippen LogP contribution in [0.5, 0.6) is 0 Å². The first-order valence-corrected chi connectivity index (χ1v) is 6.01. The van der Waals surface area contributed by atoms with Gasteiger partial charge in [-0.2, -0.15) is 4.99 Å². The van der Waals surface area contributed by atoms with Crippen LogP contribution < -0.4 is 0 Å². The summed E-state index contributed by atoms with van der Waals surface area (Å²) in [6.45, 7) is 0. The van der Waals surface area contributed by atoms with Gasteiger partial charge in [0, 0.05) is 17.0 Å². The fourth-order valence-corrected chi connectivity index (χ4v) is 2.83. The molecule has 0 bridgehead atoms. The molecule has 4 heteroatoms. The molecule has 18 heavy (non-hydrogen) atoms. The largest absolute Gasteiger partial charge is 0.464 e. The average molecular weight is 245 g/mol. The standard InChI is InChI=1S/C14H12FNO2/c15-12-8-13-10(3-6-18-13)7-11(12)14(16-9-17)4-1-2-5-14/h3,6-8H,1-2,4-5H2. The Balaban J connectivity index is 2.22. The Bertz CT molecular complexity index is 634. The summed E-state index contributed by atoms with van der Waals surface area (Å²) in [5.74, 6) is -0.363. The predicted octanol–water partition coefficient (Wildman–Crippen LogP) is 3.68. The van der Waals surface area contributed by atoms with Crippen molar-refractivity contribution < 1.29 is 13.6 Å². The van der Waals surface area contributed by atoms with Crippen molar-refractivity contribution in [2.45, 2.75) is 31.2 Å². The van der Waals surface area contributed by atoms with Crippen molar-refractivity contribution in [3.8, 4) is 0 Å². The van der Waals surface area contributed by atoms with Crippen molar-refractivity contribution in [1.29, 1.82) is 0 Å². The number of isocyanates is 1. The van der Waals surface area contributed by atoms with E-state index in [1.807, 2.05) is 0 Å². The lowest BCUT2D eigenvalue weighted by Crippen LogP contribution is -2.20. The van der Waals surface area contributed by atoms with Gasteiger partial charge >= 0.3 is 0 Å². The molecule has 1 aromatic heterocycles. The van der Waals surface area contributed by atoms with Gasteiger partial charge in [-0.1, -0.05) is 12.8 Å². The molecular formula is C14H12FNO2. The first kappa shape index (κ1) is 11.2. The van der Waals surface area contributed by atoms with Gasteiger partial charge in [0.1, 0.15) is 16.9 Å². The van der Waals surface area contributed by atoms with Crippen LogP contribution in [0.3, 0.4) is 0 Å². The van der Waals surface area contributed by atoms with E-state index in [2.05, 4.69) is 4.99 Å². The molecular weight excluding hydrogens is 233 g/mol. The molecule has 2 aromatic rings. The quantitative estimate of drug-likeness (QED) is 0.598. The Kier molecular flexibility index (Phi) is 2.53. The summed E-state index contributed by atoms with van der Waals surface area (Å²) in [6, 6.07) is 4.89. The Morgan fingerprint density at radius 3 is 2.83 bits per heavy atom. The number of furan rings is 1. The average Bonchev–Trinajstić information content (AvgIpc) is 2.97. The Hall–Kier alpha value is -1.93. The van der Waals surface area contributed by atoms with Crippen molar-refractivity contribution in [2.24, 2.45) is 4.99 Å². The van der Waals surface area contributed by atoms with Crippen LogP contribution in [0.25, 0.3) is 11.0 Å². The highest BCUT2D eigenvalue weighted by Crippen LogP contribution is 2.44. The predicted molar refractivity (Wildman–Crippen MR) is 64.4 cm³/mol. The van der Waals surface area contributed by atoms with Crippen LogP contribution in [-0.4, -0.2) is 6.08 Å². The summed E-state index contributed by atoms with van der Waals surface area (Å²) in [7, 11) is 0. The molecule has 1 aromatic carbocycles. The lowest BCUT2D eigenvalue weighted by molar-refractivity contribution is 0.431. The lowest BCUT2D eigenvalue weighted by atomic mass is 9.88. The van der Waals surface area contributed by atoms with Gasteiger partial charge in [0.2, 0.25) is 6.08 Å². The minimum Gasteiger partial charge on any atom is -0.464 e. The number of carbonyl (C=O) groups excluding carboxylic acids is 1. The molecule has 0 amide bonds. The van der Waals surface area contributed by atoms with Gasteiger partial charge in [0.15, 0.2) is 0 Å². The number of fused-ring (bicyclic) bond motifs is 1. The summed E-state index contributed by atoms with van der Waals surface area (Å²) in [4.78, 5) is 14.5. The number of rotatable bonds is 2. The van der Waals surface area contributed by atoms with E-state index in [4.69, 9.17) is 4.42 Å². The zero-order valence-electron chi connectivity index (χ0n) is 9.78. The molecule has 1 fully saturated rings. The van der Waals surface area contributed by atoms with E-state index in [0.29, 0.717) is 24.0 Å². The van der Waals surface area contributed by atoms with E-state index >= 15 is 0 Å². The maximum atomic E-state index is 14.2. The van der Waals surface area contributed by atoms with Crippen LogP contribution >= 0.6 is 0 Å². The SMILES string of the molecule is O=C=NC1(c2cc3ccoc3cc2F)CCCC1. The smallest absolute Gasteiger partial charge is 0.235 e. The zero-order valence-corrected chi connectivity index (χ0v) is 9.78. The van der Waals surface area contributed by atoms with Gasteiger partial charge in [0.25, 0.3) is 0 Å². The van der Waals surface area contributed by atoms with Crippen molar-refractivity contribution in [3.63, 3.8) is 0 Å². The number of nitrogens with zero attached hydrogens (tertiary/aromatic N) is 1. The second-order valence-electron chi connectivity index (χ2n) is 4.73. The van der Waals surface area contributed by atoms with E-state index in [1.54, 1.807) is 18.2 Å². The van der Waals surface area contributed by atoms with E-state index in [9.17, 15) is 9.18 Å². The lowest BCUT2D eigenvalue weighted by Gasteiger charge is -2.23. The van der Waals surface area contributed by atoms with Crippen LogP contribution in [0.15, 0.2) is 33.9 Å². The van der Waals surface area contributed by atoms with Crippen molar-refractivity contribution in [2.75, 3.05) is 0 Å². The second kappa shape index (κ2) is 4.07.